The van der Waals surface area contributed by atoms with Gasteiger partial charge in [-0.3, -0.25) is 10.1 Å². The third-order valence-corrected chi connectivity index (χ3v) is 3.20. The zero-order valence-electron chi connectivity index (χ0n) is 10.9. The molecule has 1 fully saturated rings. The van der Waals surface area contributed by atoms with Crippen molar-refractivity contribution in [2.75, 3.05) is 25.1 Å². The van der Waals surface area contributed by atoms with Crippen LogP contribution in [0.1, 0.15) is 24.8 Å². The molecule has 1 aliphatic rings. The van der Waals surface area contributed by atoms with E-state index >= 15 is 0 Å². The van der Waals surface area contributed by atoms with E-state index in [1.54, 1.807) is 6.07 Å². The van der Waals surface area contributed by atoms with Gasteiger partial charge in [-0.2, -0.15) is 0 Å². The largest absolute Gasteiger partial charge is 0.399 e. The van der Waals surface area contributed by atoms with Crippen LogP contribution in [0, 0.1) is 10.1 Å². The van der Waals surface area contributed by atoms with Gasteiger partial charge in [-0.15, -0.1) is 0 Å². The summed E-state index contributed by atoms with van der Waals surface area (Å²) in [4.78, 5) is 17.5. The Balaban J connectivity index is 2.31. The molecular formula is C13H17N3O3. The van der Waals surface area contributed by atoms with Gasteiger partial charge in [0.05, 0.1) is 11.1 Å². The van der Waals surface area contributed by atoms with Crippen LogP contribution in [-0.2, 0) is 4.84 Å². The normalized spacial score (nSPS) is 15.7. The van der Waals surface area contributed by atoms with E-state index in [9.17, 15) is 10.1 Å². The predicted octanol–water partition coefficient (Wildman–Crippen LogP) is 2.57. The van der Waals surface area contributed by atoms with Gasteiger partial charge in [0.2, 0.25) is 0 Å². The number of oxime groups is 1. The van der Waals surface area contributed by atoms with Gasteiger partial charge in [-0.1, -0.05) is 11.2 Å². The number of rotatable bonds is 4. The summed E-state index contributed by atoms with van der Waals surface area (Å²) < 4.78 is 0. The highest BCUT2D eigenvalue weighted by Crippen LogP contribution is 2.30. The lowest BCUT2D eigenvalue weighted by atomic mass is 10.1. The van der Waals surface area contributed by atoms with Gasteiger partial charge in [-0.25, -0.2) is 0 Å². The molecule has 0 aromatic heterocycles. The highest BCUT2D eigenvalue weighted by Gasteiger charge is 2.21. The third kappa shape index (κ3) is 3.21. The summed E-state index contributed by atoms with van der Waals surface area (Å²) in [7, 11) is 1.44. The SMILES string of the molecule is CON=Cc1ccc(N2CCCCC2)c([N+](=O)[O-])c1. The van der Waals surface area contributed by atoms with E-state index in [0.29, 0.717) is 11.3 Å². The van der Waals surface area contributed by atoms with Crippen LogP contribution in [0.25, 0.3) is 0 Å². The van der Waals surface area contributed by atoms with Crippen LogP contribution in [-0.4, -0.2) is 31.3 Å². The molecule has 2 rings (SSSR count). The van der Waals surface area contributed by atoms with Crippen molar-refractivity contribution < 1.29 is 9.76 Å². The molecule has 6 heteroatoms. The molecule has 1 saturated heterocycles. The topological polar surface area (TPSA) is 68.0 Å². The number of anilines is 1. The number of nitro benzene ring substituents is 1. The predicted molar refractivity (Wildman–Crippen MR) is 73.8 cm³/mol. The van der Waals surface area contributed by atoms with E-state index < -0.39 is 0 Å². The monoisotopic (exact) mass is 263 g/mol. The molecule has 1 aromatic rings. The fourth-order valence-electron chi connectivity index (χ4n) is 2.28. The highest BCUT2D eigenvalue weighted by molar-refractivity contribution is 5.82. The molecule has 0 N–H and O–H groups in total. The van der Waals surface area contributed by atoms with Crippen molar-refractivity contribution >= 4 is 17.6 Å². The first-order valence-electron chi connectivity index (χ1n) is 6.32. The molecule has 102 valence electrons. The van der Waals surface area contributed by atoms with Gasteiger partial charge in [0.1, 0.15) is 12.8 Å². The van der Waals surface area contributed by atoms with E-state index in [1.165, 1.54) is 25.8 Å². The molecule has 0 atom stereocenters. The summed E-state index contributed by atoms with van der Waals surface area (Å²) in [5.41, 5.74) is 1.48. The molecule has 0 aliphatic carbocycles. The van der Waals surface area contributed by atoms with Crippen LogP contribution in [0.2, 0.25) is 0 Å². The number of hydrogen-bond acceptors (Lipinski definition) is 5. The minimum atomic E-state index is -0.339. The summed E-state index contributed by atoms with van der Waals surface area (Å²) in [5, 5.41) is 14.8. The van der Waals surface area contributed by atoms with E-state index in [1.807, 2.05) is 6.07 Å². The van der Waals surface area contributed by atoms with E-state index in [-0.39, 0.29) is 10.6 Å². The first-order chi connectivity index (χ1) is 9.22. The van der Waals surface area contributed by atoms with Crippen molar-refractivity contribution in [1.29, 1.82) is 0 Å². The van der Waals surface area contributed by atoms with Crippen molar-refractivity contribution in [2.24, 2.45) is 5.16 Å². The minimum Gasteiger partial charge on any atom is -0.399 e. The summed E-state index contributed by atoms with van der Waals surface area (Å²) in [6.07, 6.45) is 4.84. The van der Waals surface area contributed by atoms with Gasteiger partial charge in [0.15, 0.2) is 0 Å². The smallest absolute Gasteiger partial charge is 0.293 e. The fraction of sp³-hybridized carbons (Fsp3) is 0.462. The molecule has 0 unspecified atom stereocenters. The number of hydrogen-bond donors (Lipinski definition) is 0. The number of nitrogens with zero attached hydrogens (tertiary/aromatic N) is 3. The Kier molecular flexibility index (Phi) is 4.33. The molecular weight excluding hydrogens is 246 g/mol. The van der Waals surface area contributed by atoms with Crippen LogP contribution in [0.3, 0.4) is 0 Å². The molecule has 0 radical (unpaired) electrons. The summed E-state index contributed by atoms with van der Waals surface area (Å²) >= 11 is 0. The molecule has 0 spiro atoms. The van der Waals surface area contributed by atoms with Crippen LogP contribution >= 0.6 is 0 Å². The minimum absolute atomic E-state index is 0.127. The molecule has 1 heterocycles. The molecule has 1 aromatic carbocycles. The maximum absolute atomic E-state index is 11.2. The lowest BCUT2D eigenvalue weighted by molar-refractivity contribution is -0.384. The standard InChI is InChI=1S/C13H17N3O3/c1-19-14-10-11-5-6-12(13(9-11)16(17)18)15-7-3-2-4-8-15/h5-6,9-10H,2-4,7-8H2,1H3. The lowest BCUT2D eigenvalue weighted by Gasteiger charge is -2.28. The van der Waals surface area contributed by atoms with E-state index in [0.717, 1.165) is 25.9 Å². The number of benzene rings is 1. The maximum Gasteiger partial charge on any atom is 0.293 e. The lowest BCUT2D eigenvalue weighted by Crippen LogP contribution is -2.29. The Bertz CT molecular complexity index is 482. The highest BCUT2D eigenvalue weighted by atomic mass is 16.6. The zero-order chi connectivity index (χ0) is 13.7. The molecule has 6 nitrogen and oxygen atoms in total. The molecule has 19 heavy (non-hydrogen) atoms. The molecule has 1 aliphatic heterocycles. The average Bonchev–Trinajstić information content (AvgIpc) is 2.45. The maximum atomic E-state index is 11.2. The van der Waals surface area contributed by atoms with E-state index in [2.05, 4.69) is 14.9 Å². The Hall–Kier alpha value is -2.11. The van der Waals surface area contributed by atoms with Crippen LogP contribution in [0.15, 0.2) is 23.4 Å². The second-order valence-electron chi connectivity index (χ2n) is 4.47. The van der Waals surface area contributed by atoms with Crippen molar-refractivity contribution in [2.45, 2.75) is 19.3 Å². The third-order valence-electron chi connectivity index (χ3n) is 3.20. The molecule has 0 amide bonds. The fourth-order valence-corrected chi connectivity index (χ4v) is 2.28. The van der Waals surface area contributed by atoms with Gasteiger partial charge < -0.3 is 9.74 Å². The second kappa shape index (κ2) is 6.17. The Morgan fingerprint density at radius 1 is 1.37 bits per heavy atom. The van der Waals surface area contributed by atoms with Gasteiger partial charge in [-0.05, 0) is 25.3 Å². The first-order valence-corrected chi connectivity index (χ1v) is 6.32. The summed E-state index contributed by atoms with van der Waals surface area (Å²) in [5.74, 6) is 0. The van der Waals surface area contributed by atoms with Crippen LogP contribution in [0.5, 0.6) is 0 Å². The summed E-state index contributed by atoms with van der Waals surface area (Å²) in [6.45, 7) is 1.76. The van der Waals surface area contributed by atoms with Gasteiger partial charge in [0.25, 0.3) is 5.69 Å². The Morgan fingerprint density at radius 3 is 2.74 bits per heavy atom. The Labute approximate surface area is 111 Å². The molecule has 0 saturated carbocycles. The van der Waals surface area contributed by atoms with E-state index in [4.69, 9.17) is 0 Å². The second-order valence-corrected chi connectivity index (χ2v) is 4.47. The van der Waals surface area contributed by atoms with Crippen LogP contribution < -0.4 is 4.90 Å². The quantitative estimate of drug-likeness (QED) is 0.475. The van der Waals surface area contributed by atoms with Crippen molar-refractivity contribution in [3.05, 3.63) is 33.9 Å². The van der Waals surface area contributed by atoms with Crippen molar-refractivity contribution in [3.63, 3.8) is 0 Å². The molecule has 0 bridgehead atoms. The van der Waals surface area contributed by atoms with Crippen molar-refractivity contribution in [1.82, 2.24) is 0 Å². The number of nitro groups is 1. The van der Waals surface area contributed by atoms with Crippen LogP contribution in [0.4, 0.5) is 11.4 Å². The summed E-state index contributed by atoms with van der Waals surface area (Å²) in [6, 6.07) is 5.15. The zero-order valence-corrected chi connectivity index (χ0v) is 10.9. The average molecular weight is 263 g/mol. The van der Waals surface area contributed by atoms with Gasteiger partial charge >= 0.3 is 0 Å². The Morgan fingerprint density at radius 2 is 2.11 bits per heavy atom. The van der Waals surface area contributed by atoms with Gasteiger partial charge in [0, 0.05) is 24.7 Å². The first kappa shape index (κ1) is 13.3. The number of piperidine rings is 1. The van der Waals surface area contributed by atoms with Crippen molar-refractivity contribution in [3.8, 4) is 0 Å².